The van der Waals surface area contributed by atoms with Gasteiger partial charge in [0.15, 0.2) is 5.13 Å². The van der Waals surface area contributed by atoms with Crippen molar-refractivity contribution in [3.05, 3.63) is 45.3 Å². The van der Waals surface area contributed by atoms with Crippen LogP contribution < -0.4 is 10.9 Å². The number of fused-ring (bicyclic) bond motifs is 3. The molecule has 2 aromatic heterocycles. The maximum Gasteiger partial charge on any atom is 0.256 e. The second-order valence-electron chi connectivity index (χ2n) is 7.54. The van der Waals surface area contributed by atoms with E-state index in [1.54, 1.807) is 18.5 Å². The fraction of sp³-hybridized carbons (Fsp3) is 0.526. The Morgan fingerprint density at radius 2 is 2.08 bits per heavy atom. The number of carbonyl (C=O) groups excluding carboxylic acids is 1. The van der Waals surface area contributed by atoms with Crippen molar-refractivity contribution < 1.29 is 4.79 Å². The first kappa shape index (κ1) is 17.4. The molecule has 0 aliphatic carbocycles. The van der Waals surface area contributed by atoms with Crippen LogP contribution in [0.2, 0.25) is 0 Å². The van der Waals surface area contributed by atoms with E-state index in [9.17, 15) is 9.59 Å². The largest absolute Gasteiger partial charge is 0.348 e. The fourth-order valence-electron chi connectivity index (χ4n) is 3.81. The lowest BCUT2D eigenvalue weighted by atomic mass is 9.84. The van der Waals surface area contributed by atoms with Crippen molar-refractivity contribution in [1.29, 1.82) is 0 Å². The molecule has 0 aromatic carbocycles. The summed E-state index contributed by atoms with van der Waals surface area (Å²) in [6.07, 6.45) is 5.72. The number of thiazole rings is 1. The number of pyridine rings is 1. The summed E-state index contributed by atoms with van der Waals surface area (Å²) in [5.41, 5.74) is 0.330. The molecule has 0 spiro atoms. The molecular formula is C19H24N4O2S. The van der Waals surface area contributed by atoms with E-state index in [-0.39, 0.29) is 17.5 Å². The average Bonchev–Trinajstić information content (AvgIpc) is 3.13. The van der Waals surface area contributed by atoms with Crippen LogP contribution in [0.1, 0.15) is 47.8 Å². The monoisotopic (exact) mass is 372 g/mol. The predicted molar refractivity (Wildman–Crippen MR) is 102 cm³/mol. The van der Waals surface area contributed by atoms with Gasteiger partial charge >= 0.3 is 0 Å². The average molecular weight is 372 g/mol. The van der Waals surface area contributed by atoms with Crippen LogP contribution in [-0.2, 0) is 0 Å². The van der Waals surface area contributed by atoms with E-state index >= 15 is 0 Å². The zero-order valence-corrected chi connectivity index (χ0v) is 16.0. The van der Waals surface area contributed by atoms with Crippen LogP contribution >= 0.6 is 11.3 Å². The molecule has 26 heavy (non-hydrogen) atoms. The minimum Gasteiger partial charge on any atom is -0.348 e. The number of hydrogen-bond acceptors (Lipinski definition) is 5. The van der Waals surface area contributed by atoms with Gasteiger partial charge in [0.1, 0.15) is 0 Å². The Labute approximate surface area is 156 Å². The number of carbonyl (C=O) groups is 1. The molecule has 3 aliphatic heterocycles. The van der Waals surface area contributed by atoms with E-state index < -0.39 is 0 Å². The van der Waals surface area contributed by atoms with Crippen LogP contribution in [0.3, 0.4) is 0 Å². The van der Waals surface area contributed by atoms with Gasteiger partial charge in [0, 0.05) is 35.9 Å². The zero-order chi connectivity index (χ0) is 18.3. The van der Waals surface area contributed by atoms with E-state index in [1.807, 2.05) is 0 Å². The van der Waals surface area contributed by atoms with Gasteiger partial charge in [-0.05, 0) is 43.8 Å². The highest BCUT2D eigenvalue weighted by molar-refractivity contribution is 7.14. The third kappa shape index (κ3) is 3.33. The first-order valence-corrected chi connectivity index (χ1v) is 10.0. The quantitative estimate of drug-likeness (QED) is 0.894. The molecule has 138 valence electrons. The van der Waals surface area contributed by atoms with Gasteiger partial charge in [-0.1, -0.05) is 13.8 Å². The summed E-state index contributed by atoms with van der Waals surface area (Å²) in [5.74, 6) is 0.820. The molecular weight excluding hydrogens is 348 g/mol. The van der Waals surface area contributed by atoms with Crippen LogP contribution in [0.15, 0.2) is 29.3 Å². The number of amides is 1. The van der Waals surface area contributed by atoms with Crippen molar-refractivity contribution in [3.63, 3.8) is 0 Å². The molecule has 0 saturated carbocycles. The van der Waals surface area contributed by atoms with Gasteiger partial charge in [0.25, 0.3) is 11.5 Å². The Kier molecular flexibility index (Phi) is 4.67. The molecule has 1 atom stereocenters. The molecule has 2 aromatic rings. The minimum atomic E-state index is -0.172. The molecule has 1 amide bonds. The molecule has 3 fully saturated rings. The van der Waals surface area contributed by atoms with E-state index in [1.165, 1.54) is 22.0 Å². The first-order chi connectivity index (χ1) is 12.5. The smallest absolute Gasteiger partial charge is 0.256 e. The topological polar surface area (TPSA) is 67.2 Å². The van der Waals surface area contributed by atoms with Gasteiger partial charge in [-0.3, -0.25) is 14.2 Å². The Morgan fingerprint density at radius 1 is 1.31 bits per heavy atom. The van der Waals surface area contributed by atoms with Gasteiger partial charge in [0.05, 0.1) is 5.56 Å². The summed E-state index contributed by atoms with van der Waals surface area (Å²) in [5, 5.41) is 3.78. The summed E-state index contributed by atoms with van der Waals surface area (Å²) < 4.78 is 1.47. The number of aromatic nitrogens is 2. The Morgan fingerprint density at radius 3 is 2.69 bits per heavy atom. The third-order valence-corrected chi connectivity index (χ3v) is 6.73. The highest BCUT2D eigenvalue weighted by atomic mass is 32.1. The molecule has 0 radical (unpaired) electrons. The molecule has 0 unspecified atom stereocenters. The van der Waals surface area contributed by atoms with Crippen LogP contribution in [0, 0.1) is 5.92 Å². The van der Waals surface area contributed by atoms with Crippen molar-refractivity contribution in [2.45, 2.75) is 38.6 Å². The number of nitrogens with one attached hydrogen (secondary N) is 1. The van der Waals surface area contributed by atoms with Gasteiger partial charge < -0.3 is 10.2 Å². The van der Waals surface area contributed by atoms with E-state index in [0.29, 0.717) is 22.5 Å². The molecule has 2 bridgehead atoms. The SMILES string of the molecule is CC(C)c1cnc(-n2cc(C(=O)N[C@@H]3CN4CCC3CC4)ccc2=O)s1. The predicted octanol–water partition coefficient (Wildman–Crippen LogP) is 2.24. The van der Waals surface area contributed by atoms with Crippen LogP contribution in [0.5, 0.6) is 0 Å². The normalized spacial score (nSPS) is 24.8. The van der Waals surface area contributed by atoms with Gasteiger partial charge in [0.2, 0.25) is 0 Å². The maximum atomic E-state index is 12.7. The Bertz CT molecular complexity index is 864. The zero-order valence-electron chi connectivity index (χ0n) is 15.1. The van der Waals surface area contributed by atoms with Crippen LogP contribution in [0.25, 0.3) is 5.13 Å². The molecule has 5 rings (SSSR count). The third-order valence-electron chi connectivity index (χ3n) is 5.43. The van der Waals surface area contributed by atoms with Gasteiger partial charge in [-0.25, -0.2) is 4.98 Å². The van der Waals surface area contributed by atoms with Crippen molar-refractivity contribution in [3.8, 4) is 5.13 Å². The summed E-state index contributed by atoms with van der Waals surface area (Å²) in [4.78, 5) is 32.9. The van der Waals surface area contributed by atoms with Crippen molar-refractivity contribution in [2.75, 3.05) is 19.6 Å². The lowest BCUT2D eigenvalue weighted by Crippen LogP contribution is -2.57. The second-order valence-corrected chi connectivity index (χ2v) is 8.58. The highest BCUT2D eigenvalue weighted by Crippen LogP contribution is 2.28. The van der Waals surface area contributed by atoms with Gasteiger partial charge in [-0.2, -0.15) is 0 Å². The number of rotatable bonds is 4. The van der Waals surface area contributed by atoms with E-state index in [4.69, 9.17) is 0 Å². The lowest BCUT2D eigenvalue weighted by Gasteiger charge is -2.44. The molecule has 5 heterocycles. The van der Waals surface area contributed by atoms with Crippen molar-refractivity contribution >= 4 is 17.2 Å². The summed E-state index contributed by atoms with van der Waals surface area (Å²) >= 11 is 1.49. The summed E-state index contributed by atoms with van der Waals surface area (Å²) in [6, 6.07) is 3.26. The molecule has 6 nitrogen and oxygen atoms in total. The van der Waals surface area contributed by atoms with E-state index in [2.05, 4.69) is 29.0 Å². The molecule has 3 aliphatic rings. The minimum absolute atomic E-state index is 0.113. The van der Waals surface area contributed by atoms with E-state index in [0.717, 1.165) is 37.4 Å². The Hall–Kier alpha value is -1.99. The van der Waals surface area contributed by atoms with Crippen molar-refractivity contribution in [2.24, 2.45) is 5.92 Å². The number of piperidine rings is 3. The van der Waals surface area contributed by atoms with Gasteiger partial charge in [-0.15, -0.1) is 11.3 Å². The highest BCUT2D eigenvalue weighted by Gasteiger charge is 2.35. The summed E-state index contributed by atoms with van der Waals surface area (Å²) in [7, 11) is 0. The second kappa shape index (κ2) is 6.96. The molecule has 7 heteroatoms. The molecule has 3 saturated heterocycles. The Balaban J connectivity index is 1.55. The summed E-state index contributed by atoms with van der Waals surface area (Å²) in [6.45, 7) is 7.41. The lowest BCUT2D eigenvalue weighted by molar-refractivity contribution is 0.0620. The number of hydrogen-bond donors (Lipinski definition) is 1. The standard InChI is InChI=1S/C19H24N4O2S/c1-12(2)16-9-20-19(26-16)23-10-14(3-4-17(23)24)18(25)21-15-11-22-7-5-13(15)6-8-22/h3-4,9-10,12-13,15H,5-8,11H2,1-2H3,(H,21,25)/t15-/m1/s1. The first-order valence-electron chi connectivity index (χ1n) is 9.23. The van der Waals surface area contributed by atoms with Crippen molar-refractivity contribution in [1.82, 2.24) is 19.8 Å². The van der Waals surface area contributed by atoms with Crippen LogP contribution in [-0.4, -0.2) is 46.0 Å². The fourth-order valence-corrected chi connectivity index (χ4v) is 4.70. The maximum absolute atomic E-state index is 12.7. The van der Waals surface area contributed by atoms with Crippen LogP contribution in [0.4, 0.5) is 0 Å². The molecule has 1 N–H and O–H groups in total. The number of nitrogens with zero attached hydrogens (tertiary/aromatic N) is 3.